The van der Waals surface area contributed by atoms with E-state index in [1.165, 1.54) is 4.31 Å². The van der Waals surface area contributed by atoms with Gasteiger partial charge in [-0.3, -0.25) is 0 Å². The number of aryl methyl sites for hydroxylation is 2. The molecule has 1 atom stereocenters. The van der Waals surface area contributed by atoms with Crippen LogP contribution in [0.5, 0.6) is 0 Å². The third-order valence-corrected chi connectivity index (χ3v) is 6.85. The molecule has 8 heteroatoms. The van der Waals surface area contributed by atoms with Crippen LogP contribution in [0.2, 0.25) is 0 Å². The van der Waals surface area contributed by atoms with E-state index in [1.54, 1.807) is 19.1 Å². The van der Waals surface area contributed by atoms with E-state index in [-0.39, 0.29) is 18.2 Å². The normalized spacial score (nSPS) is 21.0. The standard InChI is InChI=1S/C14H22N2O4S2/c1-11-5-6-12(2)14(8-11)22(19,20)16-7-3-4-13(9-16)10-21(15,17)18/h5-6,8,13H,3-4,7,9-10H2,1-2H3,(H2,15,17,18)/t13-/m0/s1. The molecule has 0 aliphatic carbocycles. The molecule has 0 saturated carbocycles. The van der Waals surface area contributed by atoms with Gasteiger partial charge in [-0.1, -0.05) is 12.1 Å². The third kappa shape index (κ3) is 4.07. The Kier molecular flexibility index (Phi) is 4.96. The Morgan fingerprint density at radius 1 is 1.23 bits per heavy atom. The molecule has 1 aliphatic rings. The summed E-state index contributed by atoms with van der Waals surface area (Å²) in [5.41, 5.74) is 1.57. The van der Waals surface area contributed by atoms with Gasteiger partial charge in [0, 0.05) is 13.1 Å². The lowest BCUT2D eigenvalue weighted by Gasteiger charge is -2.31. The van der Waals surface area contributed by atoms with E-state index in [9.17, 15) is 16.8 Å². The molecule has 0 aromatic heterocycles. The second-order valence-corrected chi connectivity index (χ2v) is 9.54. The number of nitrogens with two attached hydrogens (primary N) is 1. The summed E-state index contributed by atoms with van der Waals surface area (Å²) in [6.45, 7) is 4.22. The predicted octanol–water partition coefficient (Wildman–Crippen LogP) is 0.993. The van der Waals surface area contributed by atoms with E-state index in [1.807, 2.05) is 13.0 Å². The summed E-state index contributed by atoms with van der Waals surface area (Å²) in [6, 6.07) is 5.32. The average Bonchev–Trinajstić information content (AvgIpc) is 2.40. The van der Waals surface area contributed by atoms with Crippen LogP contribution in [-0.2, 0) is 20.0 Å². The van der Waals surface area contributed by atoms with Crippen molar-refractivity contribution in [2.75, 3.05) is 18.8 Å². The molecular weight excluding hydrogens is 324 g/mol. The molecule has 124 valence electrons. The molecule has 1 aromatic rings. The Hall–Kier alpha value is -0.960. The number of piperidine rings is 1. The molecule has 0 radical (unpaired) electrons. The summed E-state index contributed by atoms with van der Waals surface area (Å²) in [6.07, 6.45) is 1.32. The van der Waals surface area contributed by atoms with Crippen LogP contribution in [0.25, 0.3) is 0 Å². The zero-order valence-corrected chi connectivity index (χ0v) is 14.5. The van der Waals surface area contributed by atoms with Gasteiger partial charge in [0.2, 0.25) is 20.0 Å². The van der Waals surface area contributed by atoms with Gasteiger partial charge >= 0.3 is 0 Å². The maximum Gasteiger partial charge on any atom is 0.243 e. The Morgan fingerprint density at radius 2 is 1.91 bits per heavy atom. The summed E-state index contributed by atoms with van der Waals surface area (Å²) >= 11 is 0. The first-order chi connectivity index (χ1) is 10.1. The van der Waals surface area contributed by atoms with E-state index >= 15 is 0 Å². The quantitative estimate of drug-likeness (QED) is 0.879. The molecule has 2 rings (SSSR count). The third-order valence-electron chi connectivity index (χ3n) is 3.91. The largest absolute Gasteiger partial charge is 0.243 e. The van der Waals surface area contributed by atoms with Gasteiger partial charge in [-0.15, -0.1) is 0 Å². The SMILES string of the molecule is Cc1ccc(C)c(S(=O)(=O)N2CCC[C@H](CS(N)(=O)=O)C2)c1. The average molecular weight is 346 g/mol. The Morgan fingerprint density at radius 3 is 2.55 bits per heavy atom. The number of rotatable bonds is 4. The van der Waals surface area contributed by atoms with Crippen molar-refractivity contribution in [3.8, 4) is 0 Å². The van der Waals surface area contributed by atoms with Crippen molar-refractivity contribution in [3.63, 3.8) is 0 Å². The van der Waals surface area contributed by atoms with E-state index in [0.717, 1.165) is 5.56 Å². The number of benzene rings is 1. The molecule has 0 amide bonds. The summed E-state index contributed by atoms with van der Waals surface area (Å²) in [4.78, 5) is 0.295. The number of nitrogens with zero attached hydrogens (tertiary/aromatic N) is 1. The van der Waals surface area contributed by atoms with E-state index in [2.05, 4.69) is 0 Å². The molecule has 22 heavy (non-hydrogen) atoms. The minimum atomic E-state index is -3.61. The van der Waals surface area contributed by atoms with Crippen LogP contribution in [0, 0.1) is 19.8 Å². The van der Waals surface area contributed by atoms with E-state index in [0.29, 0.717) is 29.8 Å². The summed E-state index contributed by atoms with van der Waals surface area (Å²) in [5, 5.41) is 5.08. The van der Waals surface area contributed by atoms with E-state index in [4.69, 9.17) is 5.14 Å². The summed E-state index contributed by atoms with van der Waals surface area (Å²) in [5.74, 6) is -0.421. The van der Waals surface area contributed by atoms with Crippen LogP contribution < -0.4 is 5.14 Å². The van der Waals surface area contributed by atoms with Gasteiger partial charge in [0.15, 0.2) is 0 Å². The fraction of sp³-hybridized carbons (Fsp3) is 0.571. The van der Waals surface area contributed by atoms with Crippen LogP contribution >= 0.6 is 0 Å². The van der Waals surface area contributed by atoms with Crippen molar-refractivity contribution in [2.24, 2.45) is 11.1 Å². The highest BCUT2D eigenvalue weighted by molar-refractivity contribution is 7.89. The fourth-order valence-electron chi connectivity index (χ4n) is 2.83. The molecule has 0 unspecified atom stereocenters. The molecular formula is C14H22N2O4S2. The highest BCUT2D eigenvalue weighted by Crippen LogP contribution is 2.26. The molecule has 1 aliphatic heterocycles. The first kappa shape index (κ1) is 17.4. The zero-order valence-electron chi connectivity index (χ0n) is 12.8. The zero-order chi connectivity index (χ0) is 16.5. The van der Waals surface area contributed by atoms with Crippen molar-refractivity contribution in [2.45, 2.75) is 31.6 Å². The molecule has 1 aromatic carbocycles. The van der Waals surface area contributed by atoms with Crippen molar-refractivity contribution in [3.05, 3.63) is 29.3 Å². The number of primary sulfonamides is 1. The Balaban J connectivity index is 2.27. The van der Waals surface area contributed by atoms with Gasteiger partial charge in [-0.05, 0) is 49.8 Å². The van der Waals surface area contributed by atoms with Crippen molar-refractivity contribution < 1.29 is 16.8 Å². The topological polar surface area (TPSA) is 97.5 Å². The molecule has 0 bridgehead atoms. The summed E-state index contributed by atoms with van der Waals surface area (Å²) < 4.78 is 49.5. The van der Waals surface area contributed by atoms with Crippen LogP contribution in [0.1, 0.15) is 24.0 Å². The minimum Gasteiger partial charge on any atom is -0.229 e. The first-order valence-corrected chi connectivity index (χ1v) is 10.3. The smallest absolute Gasteiger partial charge is 0.229 e. The molecule has 1 saturated heterocycles. The molecule has 2 N–H and O–H groups in total. The highest BCUT2D eigenvalue weighted by Gasteiger charge is 2.32. The monoisotopic (exact) mass is 346 g/mol. The second-order valence-electron chi connectivity index (χ2n) is 5.97. The lowest BCUT2D eigenvalue weighted by Crippen LogP contribution is -2.42. The number of hydrogen-bond acceptors (Lipinski definition) is 4. The van der Waals surface area contributed by atoms with Gasteiger partial charge in [0.05, 0.1) is 10.6 Å². The number of sulfonamides is 2. The van der Waals surface area contributed by atoms with Gasteiger partial charge in [-0.2, -0.15) is 4.31 Å². The summed E-state index contributed by atoms with van der Waals surface area (Å²) in [7, 11) is -7.20. The second kappa shape index (κ2) is 6.27. The fourth-order valence-corrected chi connectivity index (χ4v) is 5.63. The molecule has 1 fully saturated rings. The van der Waals surface area contributed by atoms with E-state index < -0.39 is 20.0 Å². The number of hydrogen-bond donors (Lipinski definition) is 1. The maximum atomic E-state index is 12.8. The van der Waals surface area contributed by atoms with Crippen LogP contribution in [0.3, 0.4) is 0 Å². The van der Waals surface area contributed by atoms with Crippen LogP contribution in [-0.4, -0.2) is 40.0 Å². The molecule has 0 spiro atoms. The van der Waals surface area contributed by atoms with Gasteiger partial charge in [0.25, 0.3) is 0 Å². The van der Waals surface area contributed by atoms with Crippen molar-refractivity contribution >= 4 is 20.0 Å². The Labute approximate surface area is 132 Å². The minimum absolute atomic E-state index is 0.175. The van der Waals surface area contributed by atoms with Gasteiger partial charge < -0.3 is 0 Å². The van der Waals surface area contributed by atoms with Gasteiger partial charge in [-0.25, -0.2) is 22.0 Å². The van der Waals surface area contributed by atoms with Crippen molar-refractivity contribution in [1.29, 1.82) is 0 Å². The molecule has 6 nitrogen and oxygen atoms in total. The Bertz CT molecular complexity index is 757. The predicted molar refractivity (Wildman–Crippen MR) is 85.4 cm³/mol. The van der Waals surface area contributed by atoms with Crippen LogP contribution in [0.15, 0.2) is 23.1 Å². The maximum absolute atomic E-state index is 12.8. The van der Waals surface area contributed by atoms with Gasteiger partial charge in [0.1, 0.15) is 0 Å². The first-order valence-electron chi connectivity index (χ1n) is 7.17. The highest BCUT2D eigenvalue weighted by atomic mass is 32.2. The lowest BCUT2D eigenvalue weighted by atomic mass is 10.0. The lowest BCUT2D eigenvalue weighted by molar-refractivity contribution is 0.282. The molecule has 1 heterocycles. The van der Waals surface area contributed by atoms with Crippen molar-refractivity contribution in [1.82, 2.24) is 4.31 Å². The van der Waals surface area contributed by atoms with Crippen LogP contribution in [0.4, 0.5) is 0 Å².